The first-order valence-corrected chi connectivity index (χ1v) is 5.78. The first kappa shape index (κ1) is 12.4. The normalized spacial score (nSPS) is 13.6. The number of oxime groups is 1. The number of rotatable bonds is 3. The van der Waals surface area contributed by atoms with Crippen molar-refractivity contribution in [3.63, 3.8) is 0 Å². The number of amidine groups is 1. The Morgan fingerprint density at radius 2 is 2.28 bits per heavy atom. The number of hydrogen-bond acceptors (Lipinski definition) is 4. The molecule has 2 aromatic rings. The minimum atomic E-state index is -0.304. The maximum Gasteiger partial charge on any atom is 0.161 e. The average molecular weight is 265 g/mol. The maximum atomic E-state index is 8.63. The number of nitrogens with zero attached hydrogens (tertiary/aromatic N) is 2. The molecule has 0 radical (unpaired) electrons. The molecule has 0 spiro atoms. The number of aromatic nitrogens is 1. The van der Waals surface area contributed by atoms with Crippen molar-refractivity contribution in [1.82, 2.24) is 4.98 Å². The second-order valence-corrected chi connectivity index (χ2v) is 4.29. The van der Waals surface area contributed by atoms with Gasteiger partial charge in [-0.05, 0) is 31.2 Å². The van der Waals surface area contributed by atoms with Crippen LogP contribution in [0.5, 0.6) is 0 Å². The van der Waals surface area contributed by atoms with Crippen molar-refractivity contribution in [2.24, 2.45) is 10.9 Å². The molecular weight excluding hydrogens is 252 g/mol. The van der Waals surface area contributed by atoms with Gasteiger partial charge in [-0.2, -0.15) is 0 Å². The lowest BCUT2D eigenvalue weighted by molar-refractivity contribution is 0.316. The Morgan fingerprint density at radius 3 is 3.00 bits per heavy atom. The molecule has 0 saturated heterocycles. The van der Waals surface area contributed by atoms with Crippen LogP contribution in [0.25, 0.3) is 10.9 Å². The lowest BCUT2D eigenvalue weighted by atomic mass is 10.1. The van der Waals surface area contributed by atoms with Crippen LogP contribution in [0.2, 0.25) is 5.02 Å². The zero-order valence-electron chi connectivity index (χ0n) is 9.76. The van der Waals surface area contributed by atoms with Crippen LogP contribution in [-0.4, -0.2) is 22.1 Å². The highest BCUT2D eigenvalue weighted by Gasteiger charge is 2.11. The lowest BCUT2D eigenvalue weighted by Crippen LogP contribution is -2.33. The van der Waals surface area contributed by atoms with E-state index in [1.54, 1.807) is 19.2 Å². The van der Waals surface area contributed by atoms with Crippen molar-refractivity contribution in [3.8, 4) is 0 Å². The van der Waals surface area contributed by atoms with Crippen LogP contribution < -0.4 is 11.1 Å². The summed E-state index contributed by atoms with van der Waals surface area (Å²) in [5.41, 5.74) is 7.07. The third kappa shape index (κ3) is 2.31. The van der Waals surface area contributed by atoms with Crippen LogP contribution in [0, 0.1) is 0 Å². The van der Waals surface area contributed by atoms with Crippen molar-refractivity contribution in [1.29, 1.82) is 0 Å². The molecular formula is C12H13ClN4O. The Hall–Kier alpha value is -2.01. The molecule has 0 aliphatic heterocycles. The van der Waals surface area contributed by atoms with E-state index in [1.807, 2.05) is 18.2 Å². The number of halogens is 1. The summed E-state index contributed by atoms with van der Waals surface area (Å²) in [7, 11) is 0. The molecule has 1 aromatic carbocycles. The third-order valence-corrected chi connectivity index (χ3v) is 2.98. The van der Waals surface area contributed by atoms with E-state index in [1.165, 1.54) is 0 Å². The van der Waals surface area contributed by atoms with Gasteiger partial charge in [0.15, 0.2) is 5.84 Å². The Labute approximate surface area is 109 Å². The smallest absolute Gasteiger partial charge is 0.161 e. The molecule has 0 saturated carbocycles. The van der Waals surface area contributed by atoms with Gasteiger partial charge in [0.2, 0.25) is 0 Å². The fourth-order valence-corrected chi connectivity index (χ4v) is 1.86. The summed E-state index contributed by atoms with van der Waals surface area (Å²) in [6, 6.07) is 7.02. The summed E-state index contributed by atoms with van der Waals surface area (Å²) in [6.45, 7) is 1.79. The van der Waals surface area contributed by atoms with Crippen molar-refractivity contribution in [3.05, 3.63) is 35.5 Å². The van der Waals surface area contributed by atoms with Gasteiger partial charge in [-0.3, -0.25) is 4.98 Å². The van der Waals surface area contributed by atoms with E-state index in [2.05, 4.69) is 15.5 Å². The monoisotopic (exact) mass is 264 g/mol. The fraction of sp³-hybridized carbons (Fsp3) is 0.167. The van der Waals surface area contributed by atoms with Gasteiger partial charge in [-0.25, -0.2) is 0 Å². The van der Waals surface area contributed by atoms with E-state index in [0.29, 0.717) is 5.02 Å². The largest absolute Gasteiger partial charge is 0.409 e. The van der Waals surface area contributed by atoms with Crippen LogP contribution in [0.3, 0.4) is 0 Å². The van der Waals surface area contributed by atoms with Gasteiger partial charge >= 0.3 is 0 Å². The molecule has 18 heavy (non-hydrogen) atoms. The number of fused-ring (bicyclic) bond motifs is 1. The Bertz CT molecular complexity index is 600. The van der Waals surface area contributed by atoms with Crippen molar-refractivity contribution in [2.75, 3.05) is 5.32 Å². The molecule has 0 fully saturated rings. The first-order chi connectivity index (χ1) is 8.63. The second kappa shape index (κ2) is 5.10. The van der Waals surface area contributed by atoms with Crippen LogP contribution in [0.4, 0.5) is 5.69 Å². The Kier molecular flexibility index (Phi) is 3.53. The topological polar surface area (TPSA) is 83.5 Å². The summed E-state index contributed by atoms with van der Waals surface area (Å²) in [4.78, 5) is 4.29. The first-order valence-electron chi connectivity index (χ1n) is 5.40. The van der Waals surface area contributed by atoms with E-state index < -0.39 is 0 Å². The van der Waals surface area contributed by atoms with Gasteiger partial charge in [0.25, 0.3) is 0 Å². The molecule has 6 heteroatoms. The summed E-state index contributed by atoms with van der Waals surface area (Å²) < 4.78 is 0. The molecule has 1 heterocycles. The number of pyridine rings is 1. The molecule has 1 unspecified atom stereocenters. The predicted molar refractivity (Wildman–Crippen MR) is 73.2 cm³/mol. The molecule has 1 aromatic heterocycles. The molecule has 0 aliphatic carbocycles. The Balaban J connectivity index is 2.43. The van der Waals surface area contributed by atoms with Crippen molar-refractivity contribution >= 4 is 34.0 Å². The summed E-state index contributed by atoms with van der Waals surface area (Å²) >= 11 is 6.10. The minimum absolute atomic E-state index is 0.106. The van der Waals surface area contributed by atoms with Crippen molar-refractivity contribution in [2.45, 2.75) is 13.0 Å². The van der Waals surface area contributed by atoms with E-state index in [0.717, 1.165) is 16.6 Å². The zero-order valence-corrected chi connectivity index (χ0v) is 10.5. The number of nitrogens with one attached hydrogen (secondary N) is 1. The van der Waals surface area contributed by atoms with Crippen LogP contribution in [-0.2, 0) is 0 Å². The molecule has 0 aliphatic rings. The third-order valence-electron chi connectivity index (χ3n) is 2.65. The molecule has 94 valence electrons. The maximum absolute atomic E-state index is 8.63. The number of hydrogen-bond donors (Lipinski definition) is 3. The van der Waals surface area contributed by atoms with Crippen LogP contribution in [0.1, 0.15) is 6.92 Å². The van der Waals surface area contributed by atoms with Gasteiger partial charge in [-0.1, -0.05) is 16.8 Å². The molecule has 0 bridgehead atoms. The van der Waals surface area contributed by atoms with E-state index in [-0.39, 0.29) is 11.9 Å². The molecule has 2 rings (SSSR count). The Morgan fingerprint density at radius 1 is 1.50 bits per heavy atom. The standard InChI is InChI=1S/C12H13ClN4O/c1-7(12(14)17-18)16-10-5-4-9(13)8-3-2-6-15-11(8)10/h2-7,16,18H,1H3,(H2,14,17). The SMILES string of the molecule is CC(Nc1ccc(Cl)c2cccnc12)/C(N)=N/O. The van der Waals surface area contributed by atoms with Crippen molar-refractivity contribution < 1.29 is 5.21 Å². The number of anilines is 1. The predicted octanol–water partition coefficient (Wildman–Crippen LogP) is 2.43. The molecule has 5 nitrogen and oxygen atoms in total. The lowest BCUT2D eigenvalue weighted by Gasteiger charge is -2.15. The minimum Gasteiger partial charge on any atom is -0.409 e. The molecule has 4 N–H and O–H groups in total. The van der Waals surface area contributed by atoms with Gasteiger partial charge in [0.05, 0.1) is 22.3 Å². The van der Waals surface area contributed by atoms with E-state index in [4.69, 9.17) is 22.5 Å². The summed E-state index contributed by atoms with van der Waals surface area (Å²) in [6.07, 6.45) is 1.69. The summed E-state index contributed by atoms with van der Waals surface area (Å²) in [5, 5.41) is 16.2. The summed E-state index contributed by atoms with van der Waals surface area (Å²) in [5.74, 6) is 0.106. The number of nitrogens with two attached hydrogens (primary N) is 1. The molecule has 0 amide bonds. The van der Waals surface area contributed by atoms with Gasteiger partial charge < -0.3 is 16.3 Å². The highest BCUT2D eigenvalue weighted by Crippen LogP contribution is 2.28. The van der Waals surface area contributed by atoms with Gasteiger partial charge in [0.1, 0.15) is 0 Å². The van der Waals surface area contributed by atoms with Gasteiger partial charge in [-0.15, -0.1) is 0 Å². The zero-order chi connectivity index (χ0) is 13.1. The van der Waals surface area contributed by atoms with E-state index in [9.17, 15) is 0 Å². The van der Waals surface area contributed by atoms with Gasteiger partial charge in [0, 0.05) is 11.6 Å². The average Bonchev–Trinajstić information content (AvgIpc) is 2.41. The molecule has 1 atom stereocenters. The van der Waals surface area contributed by atoms with E-state index >= 15 is 0 Å². The van der Waals surface area contributed by atoms with Crippen LogP contribution in [0.15, 0.2) is 35.6 Å². The highest BCUT2D eigenvalue weighted by atomic mass is 35.5. The number of benzene rings is 1. The van der Waals surface area contributed by atoms with Crippen LogP contribution >= 0.6 is 11.6 Å². The fourth-order valence-electron chi connectivity index (χ4n) is 1.65. The highest BCUT2D eigenvalue weighted by molar-refractivity contribution is 6.35. The second-order valence-electron chi connectivity index (χ2n) is 3.89. The quantitative estimate of drug-likeness (QED) is 0.344.